The second kappa shape index (κ2) is 19.7. The van der Waals surface area contributed by atoms with Gasteiger partial charge < -0.3 is 5.73 Å². The Balaban J connectivity index is 0.00000104. The van der Waals surface area contributed by atoms with Gasteiger partial charge in [-0.05, 0) is 94.4 Å². The maximum absolute atomic E-state index is 13.3. The Labute approximate surface area is 217 Å². The Kier molecular flexibility index (Phi) is 17.8. The Hall–Kier alpha value is -3.55. The number of nitrogens with zero attached hydrogens (tertiary/aromatic N) is 1. The first-order valence-corrected chi connectivity index (χ1v) is 12.2. The van der Waals surface area contributed by atoms with Crippen molar-refractivity contribution >= 4 is 11.9 Å². The summed E-state index contributed by atoms with van der Waals surface area (Å²) in [5.41, 5.74) is 12.4. The van der Waals surface area contributed by atoms with E-state index in [0.29, 0.717) is 18.5 Å². The van der Waals surface area contributed by atoms with Crippen LogP contribution in [0.15, 0.2) is 77.9 Å². The summed E-state index contributed by atoms with van der Waals surface area (Å²) in [4.78, 5) is 16.0. The molecule has 192 valence electrons. The summed E-state index contributed by atoms with van der Waals surface area (Å²) in [6, 6.07) is 10.3. The minimum Gasteiger partial charge on any atom is -0.326 e. The maximum atomic E-state index is 13.3. The van der Waals surface area contributed by atoms with Crippen molar-refractivity contribution in [3.8, 4) is 12.8 Å². The van der Waals surface area contributed by atoms with Gasteiger partial charge in [-0.1, -0.05) is 55.0 Å². The molecule has 0 saturated heterocycles. The number of nitrogens with two attached hydrogens (primary N) is 1. The predicted octanol–water partition coefficient (Wildman–Crippen LogP) is 7.69. The van der Waals surface area contributed by atoms with E-state index in [0.717, 1.165) is 53.6 Å². The molecule has 4 heteroatoms. The van der Waals surface area contributed by atoms with Crippen LogP contribution in [0.1, 0.15) is 74.8 Å². The Morgan fingerprint density at radius 3 is 2.36 bits per heavy atom. The van der Waals surface area contributed by atoms with E-state index in [4.69, 9.17) is 10.7 Å². The molecule has 2 N–H and O–H groups in total. The third-order valence-electron chi connectivity index (χ3n) is 5.49. The Morgan fingerprint density at radius 1 is 1.08 bits per heavy atom. The number of rotatable bonds is 10. The van der Waals surface area contributed by atoms with Crippen LogP contribution in [0.4, 0.5) is 4.39 Å². The quantitative estimate of drug-likeness (QED) is 0.212. The van der Waals surface area contributed by atoms with Gasteiger partial charge in [-0.2, -0.15) is 0 Å². The number of aryl methyl sites for hydroxylation is 2. The number of allylic oxidation sites excluding steroid dienone is 6. The van der Waals surface area contributed by atoms with E-state index < -0.39 is 0 Å². The van der Waals surface area contributed by atoms with E-state index in [1.54, 1.807) is 18.2 Å². The minimum absolute atomic E-state index is 0.227. The lowest BCUT2D eigenvalue weighted by molar-refractivity contribution is 0.112. The smallest absolute Gasteiger partial charge is 0.151 e. The Bertz CT molecular complexity index is 1070. The molecule has 3 nitrogen and oxygen atoms in total. The topological polar surface area (TPSA) is 56.0 Å². The van der Waals surface area contributed by atoms with Gasteiger partial charge in [0.15, 0.2) is 6.29 Å². The van der Waals surface area contributed by atoms with Crippen molar-refractivity contribution in [2.45, 2.75) is 60.3 Å². The molecule has 0 bridgehead atoms. The van der Waals surface area contributed by atoms with Gasteiger partial charge in [0, 0.05) is 12.1 Å². The van der Waals surface area contributed by atoms with Crippen LogP contribution in [0, 0.1) is 18.7 Å². The van der Waals surface area contributed by atoms with E-state index in [1.807, 2.05) is 51.1 Å². The third kappa shape index (κ3) is 12.2. The summed E-state index contributed by atoms with van der Waals surface area (Å²) >= 11 is 0. The van der Waals surface area contributed by atoms with Crippen LogP contribution in [-0.4, -0.2) is 17.8 Å². The number of aromatic nitrogens is 1. The largest absolute Gasteiger partial charge is 0.326 e. The molecule has 0 fully saturated rings. The highest BCUT2D eigenvalue weighted by Crippen LogP contribution is 2.20. The van der Waals surface area contributed by atoms with E-state index in [2.05, 4.69) is 38.8 Å². The molecule has 0 unspecified atom stereocenters. The van der Waals surface area contributed by atoms with Crippen molar-refractivity contribution in [2.75, 3.05) is 6.54 Å². The summed E-state index contributed by atoms with van der Waals surface area (Å²) in [5.74, 6) is -0.227. The predicted molar refractivity (Wildman–Crippen MR) is 153 cm³/mol. The first kappa shape index (κ1) is 32.5. The lowest BCUT2D eigenvalue weighted by atomic mass is 10.0. The van der Waals surface area contributed by atoms with Crippen molar-refractivity contribution in [3.05, 3.63) is 106 Å². The SMILES string of the molecule is C#C.C/C=C\C(CN)=C(/C)c1ccc(C=O)c(CCCc2cccc(F)c2)n1.C/C=C\C=C(/C)CC. The molecule has 1 heterocycles. The van der Waals surface area contributed by atoms with E-state index in [1.165, 1.54) is 11.6 Å². The van der Waals surface area contributed by atoms with Crippen molar-refractivity contribution < 1.29 is 9.18 Å². The Morgan fingerprint density at radius 2 is 1.81 bits per heavy atom. The van der Waals surface area contributed by atoms with E-state index >= 15 is 0 Å². The van der Waals surface area contributed by atoms with Crippen molar-refractivity contribution in [1.82, 2.24) is 4.98 Å². The van der Waals surface area contributed by atoms with Crippen molar-refractivity contribution in [1.29, 1.82) is 0 Å². The number of aldehydes is 1. The fourth-order valence-electron chi connectivity index (χ4n) is 3.27. The van der Waals surface area contributed by atoms with Gasteiger partial charge in [-0.25, -0.2) is 4.39 Å². The lowest BCUT2D eigenvalue weighted by Crippen LogP contribution is -2.06. The maximum Gasteiger partial charge on any atom is 0.151 e. The fraction of sp³-hybridized carbons (Fsp3) is 0.312. The first-order chi connectivity index (χ1) is 17.4. The van der Waals surface area contributed by atoms with Crippen LogP contribution < -0.4 is 5.73 Å². The molecule has 0 aliphatic heterocycles. The molecule has 2 rings (SSSR count). The van der Waals surface area contributed by atoms with Gasteiger partial charge in [0.2, 0.25) is 0 Å². The molecular weight excluding hydrogens is 447 g/mol. The number of carbonyl (C=O) groups is 1. The molecule has 0 saturated carbocycles. The normalized spacial score (nSPS) is 11.9. The fourth-order valence-corrected chi connectivity index (χ4v) is 3.27. The number of halogens is 1. The summed E-state index contributed by atoms with van der Waals surface area (Å²) in [7, 11) is 0. The van der Waals surface area contributed by atoms with Crippen LogP contribution >= 0.6 is 0 Å². The average molecular weight is 489 g/mol. The zero-order valence-electron chi connectivity index (χ0n) is 22.4. The van der Waals surface area contributed by atoms with Gasteiger partial charge in [-0.15, -0.1) is 12.8 Å². The molecule has 0 radical (unpaired) electrons. The second-order valence-corrected chi connectivity index (χ2v) is 8.08. The van der Waals surface area contributed by atoms with Crippen LogP contribution in [0.5, 0.6) is 0 Å². The van der Waals surface area contributed by atoms with Gasteiger partial charge in [-0.3, -0.25) is 9.78 Å². The molecule has 0 amide bonds. The van der Waals surface area contributed by atoms with E-state index in [9.17, 15) is 9.18 Å². The highest BCUT2D eigenvalue weighted by Gasteiger charge is 2.09. The molecular formula is C32H41FN2O. The molecule has 0 aliphatic rings. The van der Waals surface area contributed by atoms with Crippen LogP contribution in [0.3, 0.4) is 0 Å². The zero-order chi connectivity index (χ0) is 27.3. The molecule has 1 aromatic carbocycles. The third-order valence-corrected chi connectivity index (χ3v) is 5.49. The number of hydrogen-bond acceptors (Lipinski definition) is 3. The first-order valence-electron chi connectivity index (χ1n) is 12.2. The minimum atomic E-state index is -0.227. The summed E-state index contributed by atoms with van der Waals surface area (Å²) < 4.78 is 13.3. The van der Waals surface area contributed by atoms with Gasteiger partial charge in [0.1, 0.15) is 5.82 Å². The highest BCUT2D eigenvalue weighted by molar-refractivity contribution is 5.78. The molecule has 0 aliphatic carbocycles. The van der Waals surface area contributed by atoms with Crippen molar-refractivity contribution in [3.63, 3.8) is 0 Å². The van der Waals surface area contributed by atoms with Crippen LogP contribution in [0.2, 0.25) is 0 Å². The standard InChI is InChI=1S/C22H25FN2O.C8H14.C2H2/c1-3-6-18(14-24)16(2)21-12-11-19(15-26)22(25-21)10-5-8-17-7-4-9-20(23)13-17;1-4-6-7-8(3)5-2;1-2/h3-4,6-7,9,11-13,15H,5,8,10,14,24H2,1-2H3;4,6-7H,5H2,1-3H3;1-2H/b6-3-,18-16-;6-4-,8-7+;. The highest BCUT2D eigenvalue weighted by atomic mass is 19.1. The number of benzene rings is 1. The average Bonchev–Trinajstić information content (AvgIpc) is 2.91. The number of terminal acetylenes is 1. The lowest BCUT2D eigenvalue weighted by Gasteiger charge is -2.10. The second-order valence-electron chi connectivity index (χ2n) is 8.08. The van der Waals surface area contributed by atoms with Crippen LogP contribution in [-0.2, 0) is 12.8 Å². The molecule has 0 spiro atoms. The van der Waals surface area contributed by atoms with Gasteiger partial charge in [0.05, 0.1) is 11.4 Å². The van der Waals surface area contributed by atoms with Gasteiger partial charge >= 0.3 is 0 Å². The number of pyridine rings is 1. The molecule has 2 aromatic rings. The summed E-state index contributed by atoms with van der Waals surface area (Å²) in [6.45, 7) is 10.7. The summed E-state index contributed by atoms with van der Waals surface area (Å²) in [5, 5.41) is 0. The molecule has 36 heavy (non-hydrogen) atoms. The molecule has 0 atom stereocenters. The van der Waals surface area contributed by atoms with Crippen molar-refractivity contribution in [2.24, 2.45) is 5.73 Å². The van der Waals surface area contributed by atoms with Gasteiger partial charge in [0.25, 0.3) is 0 Å². The number of hydrogen-bond donors (Lipinski definition) is 1. The summed E-state index contributed by atoms with van der Waals surface area (Å²) in [6.07, 6.45) is 22.4. The molecule has 1 aromatic heterocycles. The number of carbonyl (C=O) groups excluding carboxylic acids is 1. The monoisotopic (exact) mass is 488 g/mol. The van der Waals surface area contributed by atoms with Crippen LogP contribution in [0.25, 0.3) is 5.57 Å². The van der Waals surface area contributed by atoms with E-state index in [-0.39, 0.29) is 5.82 Å². The zero-order valence-corrected chi connectivity index (χ0v) is 22.4.